The number of carbonyl (C=O) groups is 4. The van der Waals surface area contributed by atoms with Crippen LogP contribution in [0.5, 0.6) is 0 Å². The highest BCUT2D eigenvalue weighted by Crippen LogP contribution is 2.26. The Balaban J connectivity index is 2.07. The van der Waals surface area contributed by atoms with Crippen LogP contribution in [-0.4, -0.2) is 65.1 Å². The fourth-order valence-corrected chi connectivity index (χ4v) is 4.52. The van der Waals surface area contributed by atoms with Gasteiger partial charge in [0.1, 0.15) is 12.1 Å². The van der Waals surface area contributed by atoms with Crippen LogP contribution in [0.25, 0.3) is 0 Å². The Hall–Kier alpha value is -4.96. The van der Waals surface area contributed by atoms with Gasteiger partial charge in [-0.2, -0.15) is 5.26 Å². The Morgan fingerprint density at radius 1 is 0.913 bits per heavy atom. The fraction of sp³-hybridized carbons (Fsp3) is 0.455. The van der Waals surface area contributed by atoms with Crippen LogP contribution < -0.4 is 26.6 Å². The number of aliphatic carboxylic acids is 2. The maximum Gasteiger partial charge on any atom is 0.327 e. The summed E-state index contributed by atoms with van der Waals surface area (Å²) in [5.41, 5.74) is 1.63. The van der Waals surface area contributed by atoms with Crippen LogP contribution in [0.2, 0.25) is 0 Å². The minimum Gasteiger partial charge on any atom is -0.480 e. The molecule has 2 amide bonds. The number of carboxylic acids is 2. The van der Waals surface area contributed by atoms with Crippen molar-refractivity contribution in [3.63, 3.8) is 0 Å². The second-order valence-corrected chi connectivity index (χ2v) is 12.5. The number of carboxylic acid groups (broad SMARTS) is 2. The summed E-state index contributed by atoms with van der Waals surface area (Å²) < 4.78 is 0. The van der Waals surface area contributed by atoms with E-state index in [0.29, 0.717) is 17.7 Å². The zero-order chi connectivity index (χ0) is 34.3. The number of para-hydroxylation sites is 1. The van der Waals surface area contributed by atoms with Crippen LogP contribution in [0.3, 0.4) is 0 Å². The summed E-state index contributed by atoms with van der Waals surface area (Å²) >= 11 is 0. The summed E-state index contributed by atoms with van der Waals surface area (Å²) in [7, 11) is 0. The molecule has 2 aromatic rings. The SMILES string of the molecule is CC(C)CC(C(=O)NC(CNCCC(NC(=O)CC(C)(C)C)C(=O)O)C(=O)O)c1ccc(N=C(NC#N)Nc2ccccc2)cc1. The number of aliphatic imine (C=N–C) groups is 1. The Morgan fingerprint density at radius 3 is 2.09 bits per heavy atom. The second kappa shape index (κ2) is 18.1. The number of rotatable bonds is 16. The highest BCUT2D eigenvalue weighted by molar-refractivity contribution is 5.96. The molecule has 0 saturated carbocycles. The molecule has 248 valence electrons. The number of carbonyl (C=O) groups excluding carboxylic acids is 2. The van der Waals surface area contributed by atoms with Gasteiger partial charge in [-0.05, 0) is 60.5 Å². The number of benzene rings is 2. The van der Waals surface area contributed by atoms with Crippen LogP contribution in [0.1, 0.15) is 65.4 Å². The maximum atomic E-state index is 13.4. The molecule has 0 saturated heterocycles. The van der Waals surface area contributed by atoms with Gasteiger partial charge in [-0.25, -0.2) is 14.6 Å². The van der Waals surface area contributed by atoms with Crippen LogP contribution in [0, 0.1) is 22.8 Å². The molecule has 0 aromatic heterocycles. The van der Waals surface area contributed by atoms with E-state index in [1.807, 2.05) is 71.1 Å². The molecule has 7 N–H and O–H groups in total. The minimum absolute atomic E-state index is 0.0305. The van der Waals surface area contributed by atoms with Gasteiger partial charge in [0.15, 0.2) is 6.19 Å². The molecule has 2 aromatic carbocycles. The third-order valence-electron chi connectivity index (χ3n) is 6.67. The van der Waals surface area contributed by atoms with E-state index in [1.54, 1.807) is 24.3 Å². The predicted molar refractivity (Wildman–Crippen MR) is 175 cm³/mol. The van der Waals surface area contributed by atoms with E-state index in [4.69, 9.17) is 5.26 Å². The van der Waals surface area contributed by atoms with Gasteiger partial charge in [-0.3, -0.25) is 14.9 Å². The Kier molecular flexibility index (Phi) is 14.7. The lowest BCUT2D eigenvalue weighted by molar-refractivity contribution is -0.142. The molecule has 46 heavy (non-hydrogen) atoms. The standard InChI is InChI=1S/C33H45N7O6/c1-21(2)17-25(22-11-13-24(14-12-22)38-32(36-20-34)37-23-9-7-6-8-10-23)29(42)40-27(31(45)46)19-35-16-15-26(30(43)44)39-28(41)18-33(3,4)5/h6-14,21,25-27,35H,15-19H2,1-5H3,(H,39,41)(H,40,42)(H,43,44)(H,45,46)(H2,36,37,38). The van der Waals surface area contributed by atoms with E-state index in [0.717, 1.165) is 5.69 Å². The highest BCUT2D eigenvalue weighted by Gasteiger charge is 2.28. The molecule has 13 heteroatoms. The number of nitrogens with zero attached hydrogens (tertiary/aromatic N) is 2. The van der Waals surface area contributed by atoms with Crippen LogP contribution in [-0.2, 0) is 19.2 Å². The van der Waals surface area contributed by atoms with Crippen molar-refractivity contribution in [1.82, 2.24) is 21.3 Å². The normalized spacial score (nSPS) is 13.5. The predicted octanol–water partition coefficient (Wildman–Crippen LogP) is 3.54. The summed E-state index contributed by atoms with van der Waals surface area (Å²) in [5.74, 6) is -3.58. The van der Waals surface area contributed by atoms with Crippen molar-refractivity contribution in [2.75, 3.05) is 18.4 Å². The molecule has 0 spiro atoms. The van der Waals surface area contributed by atoms with Gasteiger partial charge in [0.25, 0.3) is 0 Å². The summed E-state index contributed by atoms with van der Waals surface area (Å²) in [4.78, 5) is 53.7. The molecule has 0 aliphatic heterocycles. The lowest BCUT2D eigenvalue weighted by Crippen LogP contribution is -2.49. The van der Waals surface area contributed by atoms with Crippen LogP contribution >= 0.6 is 0 Å². The molecular weight excluding hydrogens is 590 g/mol. The molecule has 0 aliphatic carbocycles. The molecular formula is C33H45N7O6. The molecule has 0 radical (unpaired) electrons. The van der Waals surface area contributed by atoms with Crippen molar-refractivity contribution in [1.29, 1.82) is 5.26 Å². The monoisotopic (exact) mass is 635 g/mol. The van der Waals surface area contributed by atoms with Crippen molar-refractivity contribution in [2.45, 2.75) is 71.9 Å². The van der Waals surface area contributed by atoms with Crippen molar-refractivity contribution in [3.8, 4) is 6.19 Å². The quantitative estimate of drug-likeness (QED) is 0.0470. The zero-order valence-electron chi connectivity index (χ0n) is 27.0. The largest absolute Gasteiger partial charge is 0.480 e. The van der Waals surface area contributed by atoms with Gasteiger partial charge < -0.3 is 31.5 Å². The lowest BCUT2D eigenvalue weighted by atomic mass is 9.89. The number of nitrogens with one attached hydrogen (secondary N) is 5. The number of hydrogen-bond acceptors (Lipinski definition) is 7. The Labute approximate surface area is 269 Å². The first-order chi connectivity index (χ1) is 21.7. The summed E-state index contributed by atoms with van der Waals surface area (Å²) in [6.45, 7) is 9.50. The van der Waals surface area contributed by atoms with Crippen molar-refractivity contribution >= 4 is 41.1 Å². The van der Waals surface area contributed by atoms with Gasteiger partial charge in [0, 0.05) is 18.7 Å². The van der Waals surface area contributed by atoms with E-state index in [1.165, 1.54) is 0 Å². The van der Waals surface area contributed by atoms with Gasteiger partial charge in [-0.15, -0.1) is 0 Å². The first-order valence-corrected chi connectivity index (χ1v) is 15.1. The topological polar surface area (TPSA) is 205 Å². The molecule has 3 atom stereocenters. The number of hydrogen-bond donors (Lipinski definition) is 7. The van der Waals surface area contributed by atoms with Gasteiger partial charge in [-0.1, -0.05) is 65.0 Å². The molecule has 0 aliphatic rings. The van der Waals surface area contributed by atoms with E-state index in [2.05, 4.69) is 31.6 Å². The summed E-state index contributed by atoms with van der Waals surface area (Å²) in [6, 6.07) is 13.7. The van der Waals surface area contributed by atoms with E-state index < -0.39 is 35.8 Å². The van der Waals surface area contributed by atoms with Crippen molar-refractivity contribution in [2.24, 2.45) is 16.3 Å². The van der Waals surface area contributed by atoms with Crippen LogP contribution in [0.4, 0.5) is 11.4 Å². The molecule has 3 unspecified atom stereocenters. The van der Waals surface area contributed by atoms with Crippen LogP contribution in [0.15, 0.2) is 59.6 Å². The Bertz CT molecular complexity index is 1380. The number of anilines is 1. The molecule has 0 bridgehead atoms. The molecule has 0 fully saturated rings. The smallest absolute Gasteiger partial charge is 0.327 e. The molecule has 13 nitrogen and oxygen atoms in total. The lowest BCUT2D eigenvalue weighted by Gasteiger charge is -2.23. The Morgan fingerprint density at radius 2 is 1.54 bits per heavy atom. The van der Waals surface area contributed by atoms with E-state index in [9.17, 15) is 29.4 Å². The number of guanidine groups is 1. The minimum atomic E-state index is -1.27. The highest BCUT2D eigenvalue weighted by atomic mass is 16.4. The average Bonchev–Trinajstić information content (AvgIpc) is 2.96. The second-order valence-electron chi connectivity index (χ2n) is 12.5. The number of amides is 2. The molecule has 0 heterocycles. The summed E-state index contributed by atoms with van der Waals surface area (Å²) in [5, 5.41) is 42.0. The maximum absolute atomic E-state index is 13.4. The van der Waals surface area contributed by atoms with Crippen molar-refractivity contribution < 1.29 is 29.4 Å². The van der Waals surface area contributed by atoms with E-state index in [-0.39, 0.29) is 49.1 Å². The first kappa shape index (κ1) is 37.2. The van der Waals surface area contributed by atoms with Gasteiger partial charge in [0.2, 0.25) is 17.8 Å². The average molecular weight is 636 g/mol. The third kappa shape index (κ3) is 13.8. The molecule has 2 rings (SSSR count). The summed E-state index contributed by atoms with van der Waals surface area (Å²) in [6.07, 6.45) is 2.50. The fourth-order valence-electron chi connectivity index (χ4n) is 4.52. The third-order valence-corrected chi connectivity index (χ3v) is 6.67. The first-order valence-electron chi connectivity index (χ1n) is 15.1. The van der Waals surface area contributed by atoms with Gasteiger partial charge in [0.05, 0.1) is 11.6 Å². The zero-order valence-corrected chi connectivity index (χ0v) is 27.0. The van der Waals surface area contributed by atoms with Crippen molar-refractivity contribution in [3.05, 3.63) is 60.2 Å². The van der Waals surface area contributed by atoms with E-state index >= 15 is 0 Å². The number of nitriles is 1. The van der Waals surface area contributed by atoms with Gasteiger partial charge >= 0.3 is 11.9 Å².